The average Bonchev–Trinajstić information content (AvgIpc) is 2.69. The molecule has 0 saturated carbocycles. The predicted molar refractivity (Wildman–Crippen MR) is 77.7 cm³/mol. The minimum Gasteiger partial charge on any atom is -0.491 e. The number of para-hydroxylation sites is 1. The number of carbonyl (C=O) groups is 1. The summed E-state index contributed by atoms with van der Waals surface area (Å²) in [6.07, 6.45) is 2.24. The molecule has 0 aliphatic carbocycles. The molecule has 2 heterocycles. The Hall–Kier alpha value is -1.71. The van der Waals surface area contributed by atoms with E-state index in [1.54, 1.807) is 0 Å². The van der Waals surface area contributed by atoms with Crippen molar-refractivity contribution in [1.29, 1.82) is 0 Å². The number of nitrogens with zero attached hydrogens (tertiary/aromatic N) is 2. The molecule has 0 bridgehead atoms. The molecular formula is C16H22N2O2. The number of ether oxygens (including phenoxy) is 1. The van der Waals surface area contributed by atoms with Crippen LogP contribution in [0.4, 0.5) is 4.79 Å². The second-order valence-electron chi connectivity index (χ2n) is 5.83. The second-order valence-corrected chi connectivity index (χ2v) is 5.83. The number of benzene rings is 1. The number of hydrogen-bond acceptors (Lipinski definition) is 2. The summed E-state index contributed by atoms with van der Waals surface area (Å²) in [5, 5.41) is 0. The van der Waals surface area contributed by atoms with Crippen molar-refractivity contribution in [3.63, 3.8) is 0 Å². The van der Waals surface area contributed by atoms with E-state index in [0.29, 0.717) is 19.7 Å². The first-order valence-corrected chi connectivity index (χ1v) is 7.48. The van der Waals surface area contributed by atoms with E-state index >= 15 is 0 Å². The maximum Gasteiger partial charge on any atom is 0.320 e. The Bertz CT molecular complexity index is 481. The molecule has 2 amide bonds. The first-order chi connectivity index (χ1) is 9.74. The molecule has 0 spiro atoms. The summed E-state index contributed by atoms with van der Waals surface area (Å²) >= 11 is 0. The lowest BCUT2D eigenvalue weighted by atomic mass is 9.99. The molecule has 4 nitrogen and oxygen atoms in total. The number of carbonyl (C=O) groups excluding carboxylic acids is 1. The van der Waals surface area contributed by atoms with Crippen molar-refractivity contribution in [3.05, 3.63) is 29.8 Å². The van der Waals surface area contributed by atoms with Gasteiger partial charge in [0, 0.05) is 18.7 Å². The quantitative estimate of drug-likeness (QED) is 0.728. The van der Waals surface area contributed by atoms with E-state index in [0.717, 1.165) is 43.2 Å². The van der Waals surface area contributed by atoms with Gasteiger partial charge in [0.25, 0.3) is 0 Å². The fourth-order valence-corrected chi connectivity index (χ4v) is 2.89. The summed E-state index contributed by atoms with van der Waals surface area (Å²) in [6, 6.07) is 8.16. The highest BCUT2D eigenvalue weighted by molar-refractivity contribution is 5.74. The van der Waals surface area contributed by atoms with Crippen molar-refractivity contribution >= 4 is 6.03 Å². The van der Waals surface area contributed by atoms with Crippen LogP contribution in [-0.4, -0.2) is 42.1 Å². The number of fused-ring (bicyclic) bond motifs is 1. The van der Waals surface area contributed by atoms with Gasteiger partial charge in [-0.25, -0.2) is 4.79 Å². The van der Waals surface area contributed by atoms with Crippen LogP contribution in [0.2, 0.25) is 0 Å². The Labute approximate surface area is 120 Å². The third kappa shape index (κ3) is 2.74. The van der Waals surface area contributed by atoms with Gasteiger partial charge in [0.15, 0.2) is 0 Å². The van der Waals surface area contributed by atoms with Crippen LogP contribution in [-0.2, 0) is 6.54 Å². The molecule has 0 unspecified atom stereocenters. The molecule has 1 aromatic rings. The van der Waals surface area contributed by atoms with E-state index < -0.39 is 0 Å². The van der Waals surface area contributed by atoms with Gasteiger partial charge in [0.05, 0.1) is 13.1 Å². The predicted octanol–water partition coefficient (Wildman–Crippen LogP) is 2.73. The number of amides is 2. The van der Waals surface area contributed by atoms with Crippen LogP contribution in [0.25, 0.3) is 0 Å². The van der Waals surface area contributed by atoms with Crippen molar-refractivity contribution in [2.45, 2.75) is 26.3 Å². The maximum absolute atomic E-state index is 12.6. The summed E-state index contributed by atoms with van der Waals surface area (Å²) in [7, 11) is 0. The Morgan fingerprint density at radius 1 is 1.15 bits per heavy atom. The van der Waals surface area contributed by atoms with Gasteiger partial charge in [0.2, 0.25) is 0 Å². The van der Waals surface area contributed by atoms with Crippen molar-refractivity contribution in [1.82, 2.24) is 9.80 Å². The van der Waals surface area contributed by atoms with E-state index in [4.69, 9.17) is 4.74 Å². The molecule has 0 N–H and O–H groups in total. The summed E-state index contributed by atoms with van der Waals surface area (Å²) in [5.41, 5.74) is 1.10. The molecule has 0 radical (unpaired) electrons. The van der Waals surface area contributed by atoms with Crippen LogP contribution in [0, 0.1) is 5.92 Å². The minimum absolute atomic E-state index is 0.164. The SMILES string of the molecule is CC1CCN(C(=O)N2CCOc3ccccc3C2)CC1. The van der Waals surface area contributed by atoms with Gasteiger partial charge in [-0.3, -0.25) is 0 Å². The molecule has 20 heavy (non-hydrogen) atoms. The van der Waals surface area contributed by atoms with Crippen molar-refractivity contribution in [3.8, 4) is 5.75 Å². The maximum atomic E-state index is 12.6. The highest BCUT2D eigenvalue weighted by Crippen LogP contribution is 2.24. The smallest absolute Gasteiger partial charge is 0.320 e. The largest absolute Gasteiger partial charge is 0.491 e. The molecule has 1 saturated heterocycles. The topological polar surface area (TPSA) is 32.8 Å². The van der Waals surface area contributed by atoms with Crippen LogP contribution in [0.15, 0.2) is 24.3 Å². The van der Waals surface area contributed by atoms with Gasteiger partial charge in [-0.2, -0.15) is 0 Å². The molecule has 2 aliphatic rings. The molecule has 1 fully saturated rings. The molecule has 2 aliphatic heterocycles. The minimum atomic E-state index is 0.164. The number of likely N-dealkylation sites (tertiary alicyclic amines) is 1. The Balaban J connectivity index is 1.69. The van der Waals surface area contributed by atoms with Crippen LogP contribution < -0.4 is 4.74 Å². The fourth-order valence-electron chi connectivity index (χ4n) is 2.89. The van der Waals surface area contributed by atoms with Crippen molar-refractivity contribution < 1.29 is 9.53 Å². The molecular weight excluding hydrogens is 252 g/mol. The fraction of sp³-hybridized carbons (Fsp3) is 0.562. The highest BCUT2D eigenvalue weighted by atomic mass is 16.5. The zero-order chi connectivity index (χ0) is 13.9. The summed E-state index contributed by atoms with van der Waals surface area (Å²) in [6.45, 7) is 5.93. The van der Waals surface area contributed by atoms with E-state index in [2.05, 4.69) is 6.92 Å². The van der Waals surface area contributed by atoms with Crippen molar-refractivity contribution in [2.75, 3.05) is 26.2 Å². The second kappa shape index (κ2) is 5.73. The van der Waals surface area contributed by atoms with E-state index in [1.807, 2.05) is 34.1 Å². The van der Waals surface area contributed by atoms with Gasteiger partial charge in [-0.1, -0.05) is 25.1 Å². The zero-order valence-corrected chi connectivity index (χ0v) is 12.0. The lowest BCUT2D eigenvalue weighted by molar-refractivity contribution is 0.129. The zero-order valence-electron chi connectivity index (χ0n) is 12.0. The van der Waals surface area contributed by atoms with Crippen LogP contribution in [0.1, 0.15) is 25.3 Å². The molecule has 0 atom stereocenters. The summed E-state index contributed by atoms with van der Waals surface area (Å²) in [5.74, 6) is 1.65. The van der Waals surface area contributed by atoms with Gasteiger partial charge < -0.3 is 14.5 Å². The van der Waals surface area contributed by atoms with Gasteiger partial charge in [0.1, 0.15) is 12.4 Å². The Morgan fingerprint density at radius 2 is 1.90 bits per heavy atom. The normalized spacial score (nSPS) is 20.1. The number of hydrogen-bond donors (Lipinski definition) is 0. The van der Waals surface area contributed by atoms with E-state index in [-0.39, 0.29) is 6.03 Å². The molecule has 1 aromatic carbocycles. The Kier molecular flexibility index (Phi) is 3.81. The molecule has 0 aromatic heterocycles. The number of rotatable bonds is 0. The van der Waals surface area contributed by atoms with E-state index in [9.17, 15) is 4.79 Å². The number of urea groups is 1. The Morgan fingerprint density at radius 3 is 2.70 bits per heavy atom. The van der Waals surface area contributed by atoms with Gasteiger partial charge in [-0.15, -0.1) is 0 Å². The number of piperidine rings is 1. The standard InChI is InChI=1S/C16H22N2O2/c1-13-6-8-17(9-7-13)16(19)18-10-11-20-15-5-3-2-4-14(15)12-18/h2-5,13H,6-12H2,1H3. The summed E-state index contributed by atoms with van der Waals surface area (Å²) < 4.78 is 5.72. The lowest BCUT2D eigenvalue weighted by Crippen LogP contribution is -2.46. The average molecular weight is 274 g/mol. The van der Waals surface area contributed by atoms with E-state index in [1.165, 1.54) is 0 Å². The van der Waals surface area contributed by atoms with Gasteiger partial charge in [-0.05, 0) is 24.8 Å². The molecule has 108 valence electrons. The van der Waals surface area contributed by atoms with Crippen LogP contribution in [0.5, 0.6) is 5.75 Å². The third-order valence-electron chi connectivity index (χ3n) is 4.28. The third-order valence-corrected chi connectivity index (χ3v) is 4.28. The van der Waals surface area contributed by atoms with Crippen LogP contribution in [0.3, 0.4) is 0 Å². The molecule has 3 rings (SSSR count). The molecule has 4 heteroatoms. The first kappa shape index (κ1) is 13.3. The summed E-state index contributed by atoms with van der Waals surface area (Å²) in [4.78, 5) is 16.5. The van der Waals surface area contributed by atoms with Crippen LogP contribution >= 0.6 is 0 Å². The lowest BCUT2D eigenvalue weighted by Gasteiger charge is -2.34. The van der Waals surface area contributed by atoms with Crippen molar-refractivity contribution in [2.24, 2.45) is 5.92 Å². The highest BCUT2D eigenvalue weighted by Gasteiger charge is 2.26. The first-order valence-electron chi connectivity index (χ1n) is 7.48. The monoisotopic (exact) mass is 274 g/mol. The van der Waals surface area contributed by atoms with Gasteiger partial charge >= 0.3 is 6.03 Å².